The standard InChI is InChI=1S/C45H60ClN7O10/c1-7-27-21-45(27,41(56)57)51-39(54)33-19-29(22-53(33)40(55)38(44(4,5)6)50-43(58)63-28-17-25-16-26(25)18-28)62-35-20-31(32-23-61-42(49-32)47-24(2)3)48-37-30(35)8-9-34(36(37)46)60-15-12-52-10-13-59-14-11-52/h7-9,20,23-29,33,38,43,50,58H,1,10-19,21-22H2,2-6H3,(H,47,49)(H,51,54)(H,56,57)/t25-,26+,27-,28+,29?,33+,38-,43?,45-/m1/s1. The molecular weight excluding hydrogens is 834 g/mol. The van der Waals surface area contributed by atoms with Gasteiger partial charge in [-0.1, -0.05) is 38.4 Å². The van der Waals surface area contributed by atoms with Crippen LogP contribution < -0.4 is 25.4 Å². The maximum atomic E-state index is 14.8. The lowest BCUT2D eigenvalue weighted by molar-refractivity contribution is -0.171. The summed E-state index contributed by atoms with van der Waals surface area (Å²) in [6.07, 6.45) is 3.83. The van der Waals surface area contributed by atoms with Gasteiger partial charge in [-0.25, -0.2) is 9.78 Å². The maximum Gasteiger partial charge on any atom is 0.330 e. The van der Waals surface area contributed by atoms with Gasteiger partial charge in [0.1, 0.15) is 52.8 Å². The van der Waals surface area contributed by atoms with Crippen LogP contribution in [0.15, 0.2) is 41.5 Å². The van der Waals surface area contributed by atoms with Crippen LogP contribution in [0.1, 0.15) is 66.7 Å². The van der Waals surface area contributed by atoms with Gasteiger partial charge in [0.2, 0.25) is 18.2 Å². The van der Waals surface area contributed by atoms with Gasteiger partial charge < -0.3 is 49.1 Å². The highest BCUT2D eigenvalue weighted by atomic mass is 35.5. The van der Waals surface area contributed by atoms with Crippen molar-refractivity contribution in [1.82, 2.24) is 30.4 Å². The van der Waals surface area contributed by atoms with Gasteiger partial charge in [0, 0.05) is 49.5 Å². The number of oxazole rings is 1. The number of aliphatic hydroxyl groups is 1. The van der Waals surface area contributed by atoms with E-state index in [9.17, 15) is 24.6 Å². The monoisotopic (exact) mass is 893 g/mol. The number of anilines is 1. The quantitative estimate of drug-likeness (QED) is 0.0869. The molecule has 17 nitrogen and oxygen atoms in total. The normalized spacial score (nSPS) is 27.8. The van der Waals surface area contributed by atoms with E-state index in [-0.39, 0.29) is 36.6 Å². The van der Waals surface area contributed by atoms with Crippen LogP contribution in [-0.4, -0.2) is 136 Å². The van der Waals surface area contributed by atoms with E-state index in [0.717, 1.165) is 25.9 Å². The number of aliphatic carboxylic acids is 1. The molecule has 342 valence electrons. The van der Waals surface area contributed by atoms with E-state index in [0.29, 0.717) is 78.0 Å². The number of carbonyl (C=O) groups is 3. The zero-order valence-electron chi connectivity index (χ0n) is 36.6. The van der Waals surface area contributed by atoms with Gasteiger partial charge in [-0.2, -0.15) is 4.98 Å². The molecule has 3 aliphatic carbocycles. The molecule has 9 atom stereocenters. The van der Waals surface area contributed by atoms with Crippen LogP contribution in [0.4, 0.5) is 6.01 Å². The first-order valence-corrected chi connectivity index (χ1v) is 22.4. The number of aromatic nitrogens is 2. The van der Waals surface area contributed by atoms with Crippen molar-refractivity contribution in [3.63, 3.8) is 0 Å². The Hall–Kier alpha value is -4.52. The number of ether oxygens (including phenoxy) is 4. The zero-order chi connectivity index (χ0) is 44.8. The van der Waals surface area contributed by atoms with Crippen LogP contribution in [-0.2, 0) is 23.9 Å². The van der Waals surface area contributed by atoms with Crippen molar-refractivity contribution < 1.29 is 48.0 Å². The number of likely N-dealkylation sites (tertiary alicyclic amines) is 1. The number of pyridine rings is 1. The number of hydrogen-bond acceptors (Lipinski definition) is 14. The molecule has 2 aromatic heterocycles. The van der Waals surface area contributed by atoms with E-state index in [1.54, 1.807) is 12.1 Å². The number of carboxylic acid groups (broad SMARTS) is 1. The van der Waals surface area contributed by atoms with Crippen LogP contribution in [0, 0.1) is 23.2 Å². The zero-order valence-corrected chi connectivity index (χ0v) is 37.4. The molecule has 0 bridgehead atoms. The van der Waals surface area contributed by atoms with Crippen LogP contribution in [0.25, 0.3) is 22.3 Å². The number of nitrogens with zero attached hydrogens (tertiary/aromatic N) is 4. The molecule has 8 rings (SSSR count). The lowest BCUT2D eigenvalue weighted by Gasteiger charge is -2.37. The van der Waals surface area contributed by atoms with Gasteiger partial charge in [-0.05, 0) is 68.9 Å². The molecule has 4 heterocycles. The molecule has 1 aromatic carbocycles. The summed E-state index contributed by atoms with van der Waals surface area (Å²) in [4.78, 5) is 54.8. The van der Waals surface area contributed by atoms with Gasteiger partial charge in [0.05, 0.1) is 43.1 Å². The summed E-state index contributed by atoms with van der Waals surface area (Å²) in [6.45, 7) is 17.3. The van der Waals surface area contributed by atoms with Crippen molar-refractivity contribution >= 4 is 46.3 Å². The highest BCUT2D eigenvalue weighted by molar-refractivity contribution is 6.36. The van der Waals surface area contributed by atoms with Crippen LogP contribution >= 0.6 is 11.6 Å². The van der Waals surface area contributed by atoms with Crippen molar-refractivity contribution in [2.24, 2.45) is 23.2 Å². The van der Waals surface area contributed by atoms with Crippen molar-refractivity contribution in [3.05, 3.63) is 42.1 Å². The minimum atomic E-state index is -1.53. The summed E-state index contributed by atoms with van der Waals surface area (Å²) in [5.41, 5.74) is -1.09. The lowest BCUT2D eigenvalue weighted by Crippen LogP contribution is -2.60. The van der Waals surface area contributed by atoms with Gasteiger partial charge in [0.25, 0.3) is 6.01 Å². The van der Waals surface area contributed by atoms with Crippen LogP contribution in [0.3, 0.4) is 0 Å². The smallest absolute Gasteiger partial charge is 0.330 e. The fraction of sp³-hybridized carbons (Fsp3) is 0.622. The van der Waals surface area contributed by atoms with Crippen LogP contribution in [0.5, 0.6) is 11.5 Å². The Labute approximate surface area is 372 Å². The van der Waals surface area contributed by atoms with E-state index in [4.69, 9.17) is 39.9 Å². The van der Waals surface area contributed by atoms with Gasteiger partial charge in [-0.15, -0.1) is 6.58 Å². The number of benzene rings is 1. The number of halogens is 1. The molecule has 2 saturated heterocycles. The number of aliphatic hydroxyl groups excluding tert-OH is 1. The molecule has 0 spiro atoms. The summed E-state index contributed by atoms with van der Waals surface area (Å²) in [6, 6.07) is 3.52. The van der Waals surface area contributed by atoms with Crippen molar-refractivity contribution in [2.75, 3.05) is 51.3 Å². The highest BCUT2D eigenvalue weighted by Crippen LogP contribution is 2.52. The number of morpholine rings is 1. The Morgan fingerprint density at radius 3 is 2.48 bits per heavy atom. The predicted octanol–water partition coefficient (Wildman–Crippen LogP) is 4.66. The van der Waals surface area contributed by atoms with Crippen molar-refractivity contribution in [1.29, 1.82) is 0 Å². The minimum absolute atomic E-state index is 0.0226. The third-order valence-electron chi connectivity index (χ3n) is 12.9. The molecule has 5 fully saturated rings. The number of nitrogens with one attached hydrogen (secondary N) is 3. The molecule has 3 saturated carbocycles. The van der Waals surface area contributed by atoms with E-state index in [2.05, 4.69) is 32.4 Å². The minimum Gasteiger partial charge on any atom is -0.491 e. The summed E-state index contributed by atoms with van der Waals surface area (Å²) >= 11 is 7.08. The number of amides is 2. The predicted molar refractivity (Wildman–Crippen MR) is 233 cm³/mol. The van der Waals surface area contributed by atoms with Gasteiger partial charge in [0.15, 0.2) is 0 Å². The topological polar surface area (TPSA) is 210 Å². The summed E-state index contributed by atoms with van der Waals surface area (Å²) < 4.78 is 30.1. The fourth-order valence-corrected chi connectivity index (χ4v) is 9.49. The Morgan fingerprint density at radius 1 is 1.06 bits per heavy atom. The first-order valence-electron chi connectivity index (χ1n) is 22.1. The first kappa shape index (κ1) is 45.1. The molecule has 63 heavy (non-hydrogen) atoms. The van der Waals surface area contributed by atoms with Crippen LogP contribution in [0.2, 0.25) is 5.02 Å². The molecule has 2 aliphatic heterocycles. The average molecular weight is 894 g/mol. The highest BCUT2D eigenvalue weighted by Gasteiger charge is 2.61. The third kappa shape index (κ3) is 9.93. The third-order valence-corrected chi connectivity index (χ3v) is 13.3. The number of hydrogen-bond donors (Lipinski definition) is 5. The Kier molecular flexibility index (Phi) is 13.0. The Bertz CT molecular complexity index is 2180. The van der Waals surface area contributed by atoms with Gasteiger partial charge in [-0.3, -0.25) is 19.8 Å². The number of carbonyl (C=O) groups excluding carboxylic acids is 2. The second kappa shape index (κ2) is 18.2. The van der Waals surface area contributed by atoms with Crippen molar-refractivity contribution in [2.45, 2.75) is 109 Å². The Morgan fingerprint density at radius 2 is 1.81 bits per heavy atom. The summed E-state index contributed by atoms with van der Waals surface area (Å²) in [5.74, 6) is -0.702. The molecule has 5 N–H and O–H groups in total. The van der Waals surface area contributed by atoms with E-state index in [1.807, 2.05) is 40.7 Å². The summed E-state index contributed by atoms with van der Waals surface area (Å²) in [7, 11) is 0. The molecule has 18 heteroatoms. The Balaban J connectivity index is 1.09. The molecule has 0 radical (unpaired) electrons. The largest absolute Gasteiger partial charge is 0.491 e. The molecular formula is C45H60ClN7O10. The fourth-order valence-electron chi connectivity index (χ4n) is 9.23. The number of fused-ring (bicyclic) bond motifs is 2. The summed E-state index contributed by atoms with van der Waals surface area (Å²) in [5, 5.41) is 31.1. The number of carboxylic acids is 1. The molecule has 3 aromatic rings. The molecule has 2 amide bonds. The second-order valence-corrected chi connectivity index (χ2v) is 19.4. The van der Waals surface area contributed by atoms with E-state index in [1.165, 1.54) is 23.7 Å². The molecule has 5 aliphatic rings. The second-order valence-electron chi connectivity index (χ2n) is 19.0. The average Bonchev–Trinajstić information content (AvgIpc) is 3.91. The van der Waals surface area contributed by atoms with E-state index >= 15 is 0 Å². The first-order chi connectivity index (χ1) is 30.0. The SMILES string of the molecule is C=C[C@@H]1C[C@]1(NC(=O)[C@@H]1CC(Oc2cc(-c3coc(NC(C)C)n3)nc3c(Cl)c(OCCN4CCOCC4)ccc23)CN1C(=O)[C@@H](NC(O)O[C@@H]1C[C@@H]2C[C@@H]2C1)C(C)(C)C)C(=O)O. The lowest BCUT2D eigenvalue weighted by atomic mass is 9.85. The van der Waals surface area contributed by atoms with Crippen molar-refractivity contribution in [3.8, 4) is 22.9 Å². The maximum absolute atomic E-state index is 14.8. The molecule has 2 unspecified atom stereocenters. The number of rotatable bonds is 18. The van der Waals surface area contributed by atoms with Gasteiger partial charge >= 0.3 is 5.97 Å². The van der Waals surface area contributed by atoms with E-state index < -0.39 is 59.3 Å².